The van der Waals surface area contributed by atoms with Crippen LogP contribution in [0.1, 0.15) is 20.3 Å². The Morgan fingerprint density at radius 3 is 2.50 bits per heavy atom. The molecule has 0 aliphatic heterocycles. The van der Waals surface area contributed by atoms with Gasteiger partial charge in [-0.05, 0) is 13.3 Å². The van der Waals surface area contributed by atoms with Crippen LogP contribution >= 0.6 is 15.9 Å². The van der Waals surface area contributed by atoms with E-state index in [9.17, 15) is 4.39 Å². The van der Waals surface area contributed by atoms with Crippen molar-refractivity contribution < 1.29 is 4.39 Å². The van der Waals surface area contributed by atoms with Crippen LogP contribution in [0.4, 0.5) is 4.39 Å². The Morgan fingerprint density at radius 1 is 1.60 bits per heavy atom. The monoisotopic (exact) mass is 209 g/mol. The summed E-state index contributed by atoms with van der Waals surface area (Å²) in [5, 5.41) is 0. The van der Waals surface area contributed by atoms with Crippen molar-refractivity contribution in [1.29, 1.82) is 0 Å². The molecular formula is C7H13BrFN. The first-order valence-corrected chi connectivity index (χ1v) is 4.38. The van der Waals surface area contributed by atoms with Crippen molar-refractivity contribution in [2.24, 2.45) is 0 Å². The van der Waals surface area contributed by atoms with Crippen molar-refractivity contribution in [2.45, 2.75) is 20.3 Å². The largest absolute Gasteiger partial charge is 0.348 e. The molecule has 0 saturated carbocycles. The van der Waals surface area contributed by atoms with Crippen LogP contribution in [-0.2, 0) is 0 Å². The fraction of sp³-hybridized carbons (Fsp3) is 0.714. The first-order valence-electron chi connectivity index (χ1n) is 3.47. The fourth-order valence-corrected chi connectivity index (χ4v) is 1.04. The van der Waals surface area contributed by atoms with Crippen LogP contribution in [0.5, 0.6) is 0 Å². The van der Waals surface area contributed by atoms with E-state index in [0.717, 1.165) is 19.5 Å². The minimum absolute atomic E-state index is 0.190. The first-order chi connectivity index (χ1) is 4.76. The average Bonchev–Trinajstić information content (AvgIpc) is 1.99. The smallest absolute Gasteiger partial charge is 0.196 e. The molecule has 60 valence electrons. The normalized spacial score (nSPS) is 11.8. The summed E-state index contributed by atoms with van der Waals surface area (Å²) in [6.45, 7) is 5.47. The Hall–Kier alpha value is -0.0500. The number of hydrogen-bond donors (Lipinski definition) is 0. The van der Waals surface area contributed by atoms with E-state index in [1.807, 2.05) is 13.8 Å². The van der Waals surface area contributed by atoms with Gasteiger partial charge in [0.25, 0.3) is 0 Å². The Morgan fingerprint density at radius 2 is 2.20 bits per heavy atom. The van der Waals surface area contributed by atoms with Crippen LogP contribution in [0.2, 0.25) is 0 Å². The van der Waals surface area contributed by atoms with Crippen molar-refractivity contribution in [3.05, 3.63) is 10.9 Å². The van der Waals surface area contributed by atoms with E-state index in [-0.39, 0.29) is 5.95 Å². The van der Waals surface area contributed by atoms with Gasteiger partial charge in [-0.3, -0.25) is 0 Å². The summed E-state index contributed by atoms with van der Waals surface area (Å²) in [7, 11) is 0. The van der Waals surface area contributed by atoms with Crippen molar-refractivity contribution >= 4 is 15.9 Å². The summed E-state index contributed by atoms with van der Waals surface area (Å²) < 4.78 is 12.7. The van der Waals surface area contributed by atoms with Crippen molar-refractivity contribution in [1.82, 2.24) is 4.90 Å². The molecule has 0 aromatic heterocycles. The number of nitrogens with zero attached hydrogens (tertiary/aromatic N) is 1. The third-order valence-electron chi connectivity index (χ3n) is 1.27. The molecule has 0 atom stereocenters. The Kier molecular flexibility index (Phi) is 5.69. The van der Waals surface area contributed by atoms with Crippen LogP contribution in [0.15, 0.2) is 10.9 Å². The molecule has 1 nitrogen and oxygen atoms in total. The first kappa shape index (κ1) is 9.95. The third-order valence-corrected chi connectivity index (χ3v) is 1.65. The predicted molar refractivity (Wildman–Crippen MR) is 45.7 cm³/mol. The van der Waals surface area contributed by atoms with E-state index in [1.165, 1.54) is 4.99 Å². The lowest BCUT2D eigenvalue weighted by atomic mass is 10.4. The molecule has 0 rings (SSSR count). The van der Waals surface area contributed by atoms with Crippen molar-refractivity contribution in [3.8, 4) is 0 Å². The lowest BCUT2D eigenvalue weighted by Crippen LogP contribution is -2.20. The molecule has 0 aromatic rings. The minimum atomic E-state index is -0.190. The van der Waals surface area contributed by atoms with Crippen LogP contribution in [0, 0.1) is 0 Å². The maximum absolute atomic E-state index is 12.7. The van der Waals surface area contributed by atoms with Gasteiger partial charge in [0, 0.05) is 18.1 Å². The molecule has 0 unspecified atom stereocenters. The fourth-order valence-electron chi connectivity index (χ4n) is 0.755. The molecule has 10 heavy (non-hydrogen) atoms. The zero-order valence-electron chi connectivity index (χ0n) is 6.40. The lowest BCUT2D eigenvalue weighted by molar-refractivity contribution is 0.283. The van der Waals surface area contributed by atoms with E-state index >= 15 is 0 Å². The summed E-state index contributed by atoms with van der Waals surface area (Å²) in [6.07, 6.45) is 0.974. The SMILES string of the molecule is CCCN(CC)/C(F)=C/Br. The van der Waals surface area contributed by atoms with Gasteiger partial charge >= 0.3 is 0 Å². The molecular weight excluding hydrogens is 197 g/mol. The molecule has 0 radical (unpaired) electrons. The van der Waals surface area contributed by atoms with Gasteiger partial charge in [0.15, 0.2) is 5.95 Å². The summed E-state index contributed by atoms with van der Waals surface area (Å²) >= 11 is 2.95. The molecule has 0 spiro atoms. The van der Waals surface area contributed by atoms with Crippen LogP contribution in [0.25, 0.3) is 0 Å². The topological polar surface area (TPSA) is 3.24 Å². The molecule has 0 amide bonds. The van der Waals surface area contributed by atoms with Gasteiger partial charge < -0.3 is 4.90 Å². The summed E-state index contributed by atoms with van der Waals surface area (Å²) in [5.41, 5.74) is 0. The highest BCUT2D eigenvalue weighted by atomic mass is 79.9. The quantitative estimate of drug-likeness (QED) is 0.645. The van der Waals surface area contributed by atoms with E-state index in [2.05, 4.69) is 15.9 Å². The molecule has 0 N–H and O–H groups in total. The number of halogens is 2. The Labute approximate surface area is 70.0 Å². The summed E-state index contributed by atoms with van der Waals surface area (Å²) in [5.74, 6) is -0.190. The van der Waals surface area contributed by atoms with Gasteiger partial charge in [0.1, 0.15) is 0 Å². The van der Waals surface area contributed by atoms with E-state index in [0.29, 0.717) is 0 Å². The van der Waals surface area contributed by atoms with Crippen LogP contribution < -0.4 is 0 Å². The van der Waals surface area contributed by atoms with Gasteiger partial charge in [-0.15, -0.1) is 0 Å². The molecule has 0 fully saturated rings. The Bertz CT molecular complexity index is 114. The molecule has 0 saturated heterocycles. The van der Waals surface area contributed by atoms with E-state index in [4.69, 9.17) is 0 Å². The highest BCUT2D eigenvalue weighted by Crippen LogP contribution is 2.07. The standard InChI is InChI=1S/C7H13BrFN/c1-3-5-10(4-2)7(9)6-8/h6H,3-5H2,1-2H3/b7-6+. The number of rotatable bonds is 4. The van der Waals surface area contributed by atoms with Gasteiger partial charge in [-0.1, -0.05) is 22.9 Å². The molecule has 0 aliphatic carbocycles. The molecule has 0 heterocycles. The number of hydrogen-bond acceptors (Lipinski definition) is 1. The summed E-state index contributed by atoms with van der Waals surface area (Å²) in [4.78, 5) is 2.99. The van der Waals surface area contributed by atoms with E-state index < -0.39 is 0 Å². The lowest BCUT2D eigenvalue weighted by Gasteiger charge is -2.18. The van der Waals surface area contributed by atoms with Crippen LogP contribution in [0.3, 0.4) is 0 Å². The zero-order valence-corrected chi connectivity index (χ0v) is 7.99. The van der Waals surface area contributed by atoms with Crippen molar-refractivity contribution in [2.75, 3.05) is 13.1 Å². The van der Waals surface area contributed by atoms with Gasteiger partial charge in [-0.25, -0.2) is 0 Å². The highest BCUT2D eigenvalue weighted by Gasteiger charge is 2.02. The van der Waals surface area contributed by atoms with Gasteiger partial charge in [0.05, 0.1) is 0 Å². The maximum atomic E-state index is 12.7. The van der Waals surface area contributed by atoms with Gasteiger partial charge in [0.2, 0.25) is 0 Å². The highest BCUT2D eigenvalue weighted by molar-refractivity contribution is 9.11. The summed E-state index contributed by atoms with van der Waals surface area (Å²) in [6, 6.07) is 0. The molecule has 0 aliphatic rings. The molecule has 3 heteroatoms. The van der Waals surface area contributed by atoms with E-state index in [1.54, 1.807) is 4.90 Å². The average molecular weight is 210 g/mol. The predicted octanol–water partition coefficient (Wildman–Crippen LogP) is 2.88. The molecule has 0 bridgehead atoms. The second kappa shape index (κ2) is 5.71. The third kappa shape index (κ3) is 3.20. The van der Waals surface area contributed by atoms with Crippen LogP contribution in [-0.4, -0.2) is 18.0 Å². The van der Waals surface area contributed by atoms with Crippen molar-refractivity contribution in [3.63, 3.8) is 0 Å². The minimum Gasteiger partial charge on any atom is -0.348 e. The molecule has 0 aromatic carbocycles. The second-order valence-electron chi connectivity index (χ2n) is 2.01. The Balaban J connectivity index is 3.80. The van der Waals surface area contributed by atoms with Gasteiger partial charge in [-0.2, -0.15) is 4.39 Å². The maximum Gasteiger partial charge on any atom is 0.196 e. The zero-order chi connectivity index (χ0) is 7.98. The second-order valence-corrected chi connectivity index (χ2v) is 2.47.